The van der Waals surface area contributed by atoms with E-state index < -0.39 is 11.9 Å². The number of hydrogen-bond acceptors (Lipinski definition) is 8. The maximum Gasteiger partial charge on any atom is 0.306 e. The Morgan fingerprint density at radius 1 is 0.500 bits per heavy atom. The topological polar surface area (TPSA) is 89.5 Å². The van der Waals surface area contributed by atoms with E-state index in [0.717, 1.165) is 38.9 Å². The molecule has 0 atom stereocenters. The van der Waals surface area contributed by atoms with Gasteiger partial charge < -0.3 is 28.4 Å². The van der Waals surface area contributed by atoms with E-state index in [1.165, 1.54) is 0 Å². The second-order valence-electron chi connectivity index (χ2n) is 6.10. The summed E-state index contributed by atoms with van der Waals surface area (Å²) in [6.07, 6.45) is 4.28. The lowest BCUT2D eigenvalue weighted by Gasteiger charge is -2.08. The van der Waals surface area contributed by atoms with Gasteiger partial charge in [-0.3, -0.25) is 9.59 Å². The Kier molecular flexibility index (Phi) is 21.1. The molecule has 0 radical (unpaired) electrons. The summed E-state index contributed by atoms with van der Waals surface area (Å²) in [7, 11) is 0. The maximum atomic E-state index is 11.5. The second-order valence-corrected chi connectivity index (χ2v) is 6.10. The summed E-state index contributed by atoms with van der Waals surface area (Å²) in [6.45, 7) is 8.67. The van der Waals surface area contributed by atoms with Gasteiger partial charge in [0.15, 0.2) is 0 Å². The van der Waals surface area contributed by atoms with E-state index in [9.17, 15) is 9.59 Å². The van der Waals surface area contributed by atoms with Crippen LogP contribution in [0.25, 0.3) is 0 Å². The molecule has 0 saturated carbocycles. The molecule has 0 amide bonds. The van der Waals surface area contributed by atoms with Crippen LogP contribution in [0.15, 0.2) is 0 Å². The molecule has 0 aliphatic carbocycles. The Morgan fingerprint density at radius 3 is 1.18 bits per heavy atom. The zero-order valence-electron chi connectivity index (χ0n) is 17.6. The summed E-state index contributed by atoms with van der Waals surface area (Å²) in [6, 6.07) is 0. The molecule has 28 heavy (non-hydrogen) atoms. The minimum atomic E-state index is -0.444. The zero-order chi connectivity index (χ0) is 20.7. The van der Waals surface area contributed by atoms with E-state index in [2.05, 4.69) is 13.8 Å². The molecule has 0 spiro atoms. The fourth-order valence-corrected chi connectivity index (χ4v) is 1.91. The van der Waals surface area contributed by atoms with Crippen molar-refractivity contribution < 1.29 is 38.0 Å². The van der Waals surface area contributed by atoms with Crippen molar-refractivity contribution in [1.82, 2.24) is 0 Å². The van der Waals surface area contributed by atoms with E-state index in [1.807, 2.05) is 0 Å². The van der Waals surface area contributed by atoms with Gasteiger partial charge >= 0.3 is 11.9 Å². The van der Waals surface area contributed by atoms with Gasteiger partial charge in [0.05, 0.1) is 52.5 Å². The van der Waals surface area contributed by atoms with Crippen LogP contribution >= 0.6 is 0 Å². The van der Waals surface area contributed by atoms with Crippen LogP contribution in [0.1, 0.15) is 52.4 Å². The molecule has 0 aliphatic rings. The SMILES string of the molecule is CCCCOCCOCCOC(=O)CCC(=O)OCCOCCOCCCC. The highest BCUT2D eigenvalue weighted by Crippen LogP contribution is 1.97. The molecule has 0 saturated heterocycles. The number of ether oxygens (including phenoxy) is 6. The first kappa shape index (κ1) is 26.8. The number of rotatable bonds is 21. The van der Waals surface area contributed by atoms with Crippen molar-refractivity contribution in [2.45, 2.75) is 52.4 Å². The quantitative estimate of drug-likeness (QED) is 0.212. The van der Waals surface area contributed by atoms with Crippen LogP contribution in [0.2, 0.25) is 0 Å². The molecule has 8 heteroatoms. The average Bonchev–Trinajstić information content (AvgIpc) is 2.69. The lowest BCUT2D eigenvalue weighted by molar-refractivity contribution is -0.152. The van der Waals surface area contributed by atoms with Crippen molar-refractivity contribution in [2.24, 2.45) is 0 Å². The van der Waals surface area contributed by atoms with Crippen molar-refractivity contribution in [3.63, 3.8) is 0 Å². The minimum absolute atomic E-state index is 0.00884. The van der Waals surface area contributed by atoms with Crippen molar-refractivity contribution in [3.05, 3.63) is 0 Å². The number of esters is 2. The Labute approximate surface area is 169 Å². The summed E-state index contributed by atoms with van der Waals surface area (Å²) in [5, 5.41) is 0. The van der Waals surface area contributed by atoms with Gasteiger partial charge in [-0.2, -0.15) is 0 Å². The normalized spacial score (nSPS) is 10.8. The predicted octanol–water partition coefficient (Wildman–Crippen LogP) is 2.52. The third kappa shape index (κ3) is 21.1. The first-order chi connectivity index (χ1) is 13.7. The van der Waals surface area contributed by atoms with Gasteiger partial charge in [-0.25, -0.2) is 0 Å². The molecule has 0 rings (SSSR count). The lowest BCUT2D eigenvalue weighted by Crippen LogP contribution is -2.16. The van der Waals surface area contributed by atoms with Crippen LogP contribution in [0.4, 0.5) is 0 Å². The monoisotopic (exact) mass is 406 g/mol. The van der Waals surface area contributed by atoms with Gasteiger partial charge in [0.25, 0.3) is 0 Å². The highest BCUT2D eigenvalue weighted by molar-refractivity contribution is 5.77. The van der Waals surface area contributed by atoms with E-state index in [-0.39, 0.29) is 26.1 Å². The van der Waals surface area contributed by atoms with E-state index in [1.54, 1.807) is 0 Å². The molecule has 0 aromatic carbocycles. The molecule has 0 aromatic rings. The summed E-state index contributed by atoms with van der Waals surface area (Å²) in [5.41, 5.74) is 0. The van der Waals surface area contributed by atoms with Crippen molar-refractivity contribution in [1.29, 1.82) is 0 Å². The van der Waals surface area contributed by atoms with E-state index >= 15 is 0 Å². The van der Waals surface area contributed by atoms with Crippen LogP contribution in [0.3, 0.4) is 0 Å². The second kappa shape index (κ2) is 22.1. The fourth-order valence-electron chi connectivity index (χ4n) is 1.91. The standard InChI is InChI=1S/C20H38O8/c1-3-5-9-23-11-13-25-15-17-27-19(21)7-8-20(22)28-18-16-26-14-12-24-10-6-4-2/h3-18H2,1-2H3. The Hall–Kier alpha value is -1.22. The Bertz CT molecular complexity index is 328. The molecule has 0 aromatic heterocycles. The van der Waals surface area contributed by atoms with Crippen LogP contribution in [0, 0.1) is 0 Å². The summed E-state index contributed by atoms with van der Waals surface area (Å²) < 4.78 is 31.2. The molecule has 166 valence electrons. The Morgan fingerprint density at radius 2 is 0.821 bits per heavy atom. The van der Waals surface area contributed by atoms with Crippen molar-refractivity contribution in [3.8, 4) is 0 Å². The van der Waals surface area contributed by atoms with Crippen LogP contribution in [-0.2, 0) is 38.0 Å². The first-order valence-electron chi connectivity index (χ1n) is 10.3. The molecule has 0 unspecified atom stereocenters. The largest absolute Gasteiger partial charge is 0.463 e. The number of carbonyl (C=O) groups excluding carboxylic acids is 2. The van der Waals surface area contributed by atoms with Gasteiger partial charge in [-0.05, 0) is 12.8 Å². The lowest BCUT2D eigenvalue weighted by atomic mass is 10.3. The van der Waals surface area contributed by atoms with Gasteiger partial charge in [-0.1, -0.05) is 26.7 Å². The van der Waals surface area contributed by atoms with Crippen LogP contribution in [0.5, 0.6) is 0 Å². The molecular weight excluding hydrogens is 368 g/mol. The summed E-state index contributed by atoms with van der Waals surface area (Å²) >= 11 is 0. The molecule has 0 heterocycles. The highest BCUT2D eigenvalue weighted by Gasteiger charge is 2.09. The molecule has 0 N–H and O–H groups in total. The highest BCUT2D eigenvalue weighted by atomic mass is 16.6. The fraction of sp³-hybridized carbons (Fsp3) is 0.900. The number of carbonyl (C=O) groups is 2. The van der Waals surface area contributed by atoms with Gasteiger partial charge in [0.2, 0.25) is 0 Å². The maximum absolute atomic E-state index is 11.5. The summed E-state index contributed by atoms with van der Waals surface area (Å²) in [4.78, 5) is 23.1. The van der Waals surface area contributed by atoms with E-state index in [4.69, 9.17) is 28.4 Å². The summed E-state index contributed by atoms with van der Waals surface area (Å²) in [5.74, 6) is -0.888. The molecule has 0 bridgehead atoms. The third-order valence-corrected chi connectivity index (χ3v) is 3.54. The van der Waals surface area contributed by atoms with Crippen LogP contribution in [-0.4, -0.2) is 78.0 Å². The number of hydrogen-bond donors (Lipinski definition) is 0. The van der Waals surface area contributed by atoms with Crippen molar-refractivity contribution >= 4 is 11.9 Å². The molecule has 8 nitrogen and oxygen atoms in total. The van der Waals surface area contributed by atoms with Crippen molar-refractivity contribution in [2.75, 3.05) is 66.1 Å². The first-order valence-corrected chi connectivity index (χ1v) is 10.3. The predicted molar refractivity (Wildman–Crippen MR) is 104 cm³/mol. The smallest absolute Gasteiger partial charge is 0.306 e. The Balaban J connectivity index is 3.32. The molecule has 0 aliphatic heterocycles. The zero-order valence-corrected chi connectivity index (χ0v) is 17.6. The third-order valence-electron chi connectivity index (χ3n) is 3.54. The molecular formula is C20H38O8. The van der Waals surface area contributed by atoms with Gasteiger partial charge in [-0.15, -0.1) is 0 Å². The molecule has 0 fully saturated rings. The van der Waals surface area contributed by atoms with E-state index in [0.29, 0.717) is 39.6 Å². The van der Waals surface area contributed by atoms with Gasteiger partial charge in [0, 0.05) is 13.2 Å². The number of unbranched alkanes of at least 4 members (excludes halogenated alkanes) is 2. The minimum Gasteiger partial charge on any atom is -0.463 e. The van der Waals surface area contributed by atoms with Crippen LogP contribution < -0.4 is 0 Å². The van der Waals surface area contributed by atoms with Gasteiger partial charge in [0.1, 0.15) is 13.2 Å². The average molecular weight is 407 g/mol.